The number of hydrogen-bond acceptors (Lipinski definition) is 3. The van der Waals surface area contributed by atoms with Crippen LogP contribution in [0.15, 0.2) is 18.3 Å². The van der Waals surface area contributed by atoms with Gasteiger partial charge in [-0.25, -0.2) is 4.98 Å². The summed E-state index contributed by atoms with van der Waals surface area (Å²) in [4.78, 5) is 4.08. The predicted octanol–water partition coefficient (Wildman–Crippen LogP) is 1.33. The van der Waals surface area contributed by atoms with E-state index in [0.717, 1.165) is 12.0 Å². The van der Waals surface area contributed by atoms with Gasteiger partial charge in [-0.15, -0.1) is 0 Å². The van der Waals surface area contributed by atoms with E-state index in [1.54, 1.807) is 6.20 Å². The minimum atomic E-state index is 0.479. The van der Waals surface area contributed by atoms with Crippen LogP contribution in [0.5, 0.6) is 5.88 Å². The topological polar surface area (TPSA) is 48.1 Å². The van der Waals surface area contributed by atoms with Gasteiger partial charge in [-0.1, -0.05) is 13.0 Å². The van der Waals surface area contributed by atoms with Crippen LogP contribution in [0.3, 0.4) is 0 Å². The predicted molar refractivity (Wildman–Crippen MR) is 47.9 cm³/mol. The monoisotopic (exact) mass is 166 g/mol. The summed E-state index contributed by atoms with van der Waals surface area (Å²) in [6.07, 6.45) is 2.70. The molecule has 3 nitrogen and oxygen atoms in total. The molecule has 0 bridgehead atoms. The van der Waals surface area contributed by atoms with Crippen molar-refractivity contribution in [1.82, 2.24) is 4.98 Å². The number of hydrogen-bond donors (Lipinski definition) is 1. The molecule has 0 radical (unpaired) electrons. The van der Waals surface area contributed by atoms with E-state index in [1.165, 1.54) is 0 Å². The standard InChI is InChI=1S/C9H14N2O/c1-2-6-12-9-8(7-10)4-3-5-11-9/h3-5H,2,6-7,10H2,1H3. The Labute approximate surface area is 72.6 Å². The van der Waals surface area contributed by atoms with E-state index in [4.69, 9.17) is 10.5 Å². The van der Waals surface area contributed by atoms with Gasteiger partial charge >= 0.3 is 0 Å². The number of nitrogens with two attached hydrogens (primary N) is 1. The number of ether oxygens (including phenoxy) is 1. The zero-order chi connectivity index (χ0) is 8.81. The number of pyridine rings is 1. The number of rotatable bonds is 4. The third-order valence-electron chi connectivity index (χ3n) is 1.51. The van der Waals surface area contributed by atoms with E-state index in [1.807, 2.05) is 12.1 Å². The van der Waals surface area contributed by atoms with Gasteiger partial charge in [0.2, 0.25) is 5.88 Å². The van der Waals surface area contributed by atoms with Gasteiger partial charge < -0.3 is 10.5 Å². The van der Waals surface area contributed by atoms with Gasteiger partial charge in [0.05, 0.1) is 6.61 Å². The van der Waals surface area contributed by atoms with Crippen LogP contribution in [0.4, 0.5) is 0 Å². The highest BCUT2D eigenvalue weighted by Crippen LogP contribution is 2.12. The van der Waals surface area contributed by atoms with Crippen molar-refractivity contribution in [3.63, 3.8) is 0 Å². The highest BCUT2D eigenvalue weighted by molar-refractivity contribution is 5.24. The highest BCUT2D eigenvalue weighted by atomic mass is 16.5. The van der Waals surface area contributed by atoms with Crippen LogP contribution in [0.2, 0.25) is 0 Å². The smallest absolute Gasteiger partial charge is 0.217 e. The summed E-state index contributed by atoms with van der Waals surface area (Å²) in [5.41, 5.74) is 6.47. The molecule has 0 unspecified atom stereocenters. The molecule has 1 heterocycles. The summed E-state index contributed by atoms with van der Waals surface area (Å²) in [5, 5.41) is 0. The SMILES string of the molecule is CCCOc1ncccc1CN. The van der Waals surface area contributed by atoms with Crippen LogP contribution in [0.25, 0.3) is 0 Å². The molecule has 1 aromatic rings. The van der Waals surface area contributed by atoms with Gasteiger partial charge in [0.15, 0.2) is 0 Å². The third-order valence-corrected chi connectivity index (χ3v) is 1.51. The molecule has 3 heteroatoms. The quantitative estimate of drug-likeness (QED) is 0.734. The van der Waals surface area contributed by atoms with E-state index in [0.29, 0.717) is 19.0 Å². The zero-order valence-corrected chi connectivity index (χ0v) is 7.29. The van der Waals surface area contributed by atoms with E-state index in [-0.39, 0.29) is 0 Å². The van der Waals surface area contributed by atoms with Crippen LogP contribution < -0.4 is 10.5 Å². The fourth-order valence-corrected chi connectivity index (χ4v) is 0.908. The van der Waals surface area contributed by atoms with Crippen LogP contribution in [-0.2, 0) is 6.54 Å². The summed E-state index contributed by atoms with van der Waals surface area (Å²) in [7, 11) is 0. The van der Waals surface area contributed by atoms with Crippen molar-refractivity contribution in [2.24, 2.45) is 5.73 Å². The average Bonchev–Trinajstić information content (AvgIpc) is 2.15. The van der Waals surface area contributed by atoms with E-state index >= 15 is 0 Å². The van der Waals surface area contributed by atoms with Crippen molar-refractivity contribution < 1.29 is 4.74 Å². The Morgan fingerprint density at radius 2 is 2.42 bits per heavy atom. The molecule has 0 aliphatic heterocycles. The molecular weight excluding hydrogens is 152 g/mol. The van der Waals surface area contributed by atoms with Crippen molar-refractivity contribution in [2.45, 2.75) is 19.9 Å². The second-order valence-corrected chi connectivity index (χ2v) is 2.52. The Hall–Kier alpha value is -1.09. The lowest BCUT2D eigenvalue weighted by atomic mass is 10.3. The van der Waals surface area contributed by atoms with Crippen LogP contribution in [0, 0.1) is 0 Å². The van der Waals surface area contributed by atoms with E-state index in [9.17, 15) is 0 Å². The minimum Gasteiger partial charge on any atom is -0.477 e. The van der Waals surface area contributed by atoms with Crippen molar-refractivity contribution in [3.8, 4) is 5.88 Å². The van der Waals surface area contributed by atoms with Gasteiger partial charge in [-0.3, -0.25) is 0 Å². The molecule has 0 fully saturated rings. The largest absolute Gasteiger partial charge is 0.477 e. The summed E-state index contributed by atoms with van der Waals surface area (Å²) < 4.78 is 5.39. The van der Waals surface area contributed by atoms with E-state index in [2.05, 4.69) is 11.9 Å². The lowest BCUT2D eigenvalue weighted by Crippen LogP contribution is -2.04. The summed E-state index contributed by atoms with van der Waals surface area (Å²) in [6.45, 7) is 3.24. The fourth-order valence-electron chi connectivity index (χ4n) is 0.908. The van der Waals surface area contributed by atoms with E-state index < -0.39 is 0 Å². The molecule has 0 amide bonds. The molecule has 0 aliphatic carbocycles. The Bertz CT molecular complexity index is 238. The van der Waals surface area contributed by atoms with Crippen molar-refractivity contribution in [3.05, 3.63) is 23.9 Å². The summed E-state index contributed by atoms with van der Waals surface area (Å²) in [5.74, 6) is 0.668. The molecular formula is C9H14N2O. The third kappa shape index (κ3) is 2.20. The Morgan fingerprint density at radius 1 is 1.58 bits per heavy atom. The van der Waals surface area contributed by atoms with Crippen LogP contribution >= 0.6 is 0 Å². The highest BCUT2D eigenvalue weighted by Gasteiger charge is 2.00. The minimum absolute atomic E-state index is 0.479. The Balaban J connectivity index is 2.68. The molecule has 2 N–H and O–H groups in total. The lowest BCUT2D eigenvalue weighted by Gasteiger charge is -2.06. The van der Waals surface area contributed by atoms with Gasteiger partial charge in [0.25, 0.3) is 0 Å². The molecule has 66 valence electrons. The molecule has 0 aliphatic rings. The van der Waals surface area contributed by atoms with Crippen molar-refractivity contribution in [2.75, 3.05) is 6.61 Å². The molecule has 12 heavy (non-hydrogen) atoms. The van der Waals surface area contributed by atoms with Gasteiger partial charge in [0.1, 0.15) is 0 Å². The van der Waals surface area contributed by atoms with Crippen LogP contribution in [-0.4, -0.2) is 11.6 Å². The van der Waals surface area contributed by atoms with Gasteiger partial charge in [-0.2, -0.15) is 0 Å². The van der Waals surface area contributed by atoms with Gasteiger partial charge in [-0.05, 0) is 12.5 Å². The Kier molecular flexibility index (Phi) is 3.54. The molecule has 0 atom stereocenters. The van der Waals surface area contributed by atoms with Crippen LogP contribution in [0.1, 0.15) is 18.9 Å². The first-order chi connectivity index (χ1) is 5.88. The average molecular weight is 166 g/mol. The molecule has 0 saturated carbocycles. The molecule has 0 aromatic carbocycles. The number of nitrogens with zero attached hydrogens (tertiary/aromatic N) is 1. The first kappa shape index (κ1) is 9.00. The molecule has 0 spiro atoms. The van der Waals surface area contributed by atoms with Crippen molar-refractivity contribution >= 4 is 0 Å². The first-order valence-corrected chi connectivity index (χ1v) is 4.15. The second-order valence-electron chi connectivity index (χ2n) is 2.52. The van der Waals surface area contributed by atoms with Crippen molar-refractivity contribution in [1.29, 1.82) is 0 Å². The maximum Gasteiger partial charge on any atom is 0.217 e. The first-order valence-electron chi connectivity index (χ1n) is 4.15. The number of aromatic nitrogens is 1. The maximum atomic E-state index is 5.50. The molecule has 1 aromatic heterocycles. The molecule has 0 saturated heterocycles. The summed E-state index contributed by atoms with van der Waals surface area (Å²) >= 11 is 0. The van der Waals surface area contributed by atoms with Gasteiger partial charge in [0, 0.05) is 18.3 Å². The lowest BCUT2D eigenvalue weighted by molar-refractivity contribution is 0.302. The summed E-state index contributed by atoms with van der Waals surface area (Å²) in [6, 6.07) is 3.79. The second kappa shape index (κ2) is 4.72. The fraction of sp³-hybridized carbons (Fsp3) is 0.444. The zero-order valence-electron chi connectivity index (χ0n) is 7.29. The normalized spacial score (nSPS) is 9.83. The molecule has 1 rings (SSSR count). The maximum absolute atomic E-state index is 5.50. The Morgan fingerprint density at radius 3 is 3.08 bits per heavy atom.